The number of aryl methyl sites for hydroxylation is 1. The SMILES string of the molecule is COc1cccc(CN(C)C(=O)CN2CCNCC2c2nccn2C)c1.Cl. The number of ether oxygens (including phenoxy) is 1. The molecule has 2 aromatic rings. The van der Waals surface area contributed by atoms with E-state index in [4.69, 9.17) is 4.74 Å². The van der Waals surface area contributed by atoms with Gasteiger partial charge in [-0.15, -0.1) is 12.4 Å². The minimum Gasteiger partial charge on any atom is -0.497 e. The number of hydrogen-bond acceptors (Lipinski definition) is 5. The van der Waals surface area contributed by atoms with Crippen molar-refractivity contribution in [3.63, 3.8) is 0 Å². The van der Waals surface area contributed by atoms with Crippen molar-refractivity contribution in [1.29, 1.82) is 0 Å². The molecule has 1 fully saturated rings. The first kappa shape index (κ1) is 21.2. The van der Waals surface area contributed by atoms with Crippen LogP contribution in [0.4, 0.5) is 0 Å². The molecule has 0 aliphatic carbocycles. The number of rotatable bonds is 6. The number of benzene rings is 1. The molecule has 3 rings (SSSR count). The molecule has 1 unspecified atom stereocenters. The van der Waals surface area contributed by atoms with Gasteiger partial charge in [0.05, 0.1) is 19.7 Å². The Morgan fingerprint density at radius 1 is 1.44 bits per heavy atom. The van der Waals surface area contributed by atoms with Gasteiger partial charge in [0.25, 0.3) is 0 Å². The topological polar surface area (TPSA) is 62.6 Å². The molecule has 8 heteroatoms. The molecule has 1 saturated heterocycles. The van der Waals surface area contributed by atoms with E-state index in [9.17, 15) is 4.79 Å². The van der Waals surface area contributed by atoms with Gasteiger partial charge in [0, 0.05) is 52.7 Å². The number of halogens is 1. The summed E-state index contributed by atoms with van der Waals surface area (Å²) in [6.45, 7) is 3.47. The van der Waals surface area contributed by atoms with Gasteiger partial charge in [-0.2, -0.15) is 0 Å². The van der Waals surface area contributed by atoms with E-state index in [1.165, 1.54) is 0 Å². The molecular weight excluding hydrogens is 366 g/mol. The third-order valence-electron chi connectivity index (χ3n) is 4.83. The van der Waals surface area contributed by atoms with Crippen LogP contribution in [0.15, 0.2) is 36.7 Å². The van der Waals surface area contributed by atoms with Gasteiger partial charge in [0.2, 0.25) is 5.91 Å². The number of carbonyl (C=O) groups is 1. The van der Waals surface area contributed by atoms with Crippen LogP contribution in [0, 0.1) is 0 Å². The Morgan fingerprint density at radius 3 is 2.96 bits per heavy atom. The summed E-state index contributed by atoms with van der Waals surface area (Å²) in [5, 5.41) is 3.40. The summed E-state index contributed by atoms with van der Waals surface area (Å²) in [6, 6.07) is 7.93. The van der Waals surface area contributed by atoms with Gasteiger partial charge >= 0.3 is 0 Å². The maximum Gasteiger partial charge on any atom is 0.236 e. The highest BCUT2D eigenvalue weighted by Crippen LogP contribution is 2.20. The van der Waals surface area contributed by atoms with Crippen molar-refractivity contribution in [1.82, 2.24) is 24.7 Å². The van der Waals surface area contributed by atoms with Crippen molar-refractivity contribution in [3.05, 3.63) is 48.0 Å². The van der Waals surface area contributed by atoms with Crippen LogP contribution in [-0.4, -0.2) is 65.6 Å². The fraction of sp³-hybridized carbons (Fsp3) is 0.474. The second kappa shape index (κ2) is 9.73. The number of carbonyl (C=O) groups excluding carboxylic acids is 1. The van der Waals surface area contributed by atoms with Crippen LogP contribution < -0.4 is 10.1 Å². The van der Waals surface area contributed by atoms with Crippen molar-refractivity contribution in [2.75, 3.05) is 40.3 Å². The lowest BCUT2D eigenvalue weighted by atomic mass is 10.1. The number of imidazole rings is 1. The van der Waals surface area contributed by atoms with Gasteiger partial charge in [-0.3, -0.25) is 9.69 Å². The summed E-state index contributed by atoms with van der Waals surface area (Å²) in [6.07, 6.45) is 3.75. The Morgan fingerprint density at radius 2 is 2.26 bits per heavy atom. The summed E-state index contributed by atoms with van der Waals surface area (Å²) >= 11 is 0. The average molecular weight is 394 g/mol. The minimum atomic E-state index is 0. The largest absolute Gasteiger partial charge is 0.497 e. The average Bonchev–Trinajstić information content (AvgIpc) is 3.08. The zero-order valence-electron chi connectivity index (χ0n) is 16.1. The maximum absolute atomic E-state index is 12.8. The molecule has 1 aromatic carbocycles. The predicted molar refractivity (Wildman–Crippen MR) is 107 cm³/mol. The molecule has 0 radical (unpaired) electrons. The molecule has 0 bridgehead atoms. The van der Waals surface area contributed by atoms with Crippen LogP contribution in [0.1, 0.15) is 17.4 Å². The molecule has 1 aliphatic heterocycles. The molecule has 1 aromatic heterocycles. The summed E-state index contributed by atoms with van der Waals surface area (Å²) in [5.74, 6) is 1.90. The van der Waals surface area contributed by atoms with Crippen molar-refractivity contribution in [2.45, 2.75) is 12.6 Å². The maximum atomic E-state index is 12.8. The molecule has 1 N–H and O–H groups in total. The molecule has 0 spiro atoms. The van der Waals surface area contributed by atoms with Gasteiger partial charge in [-0.1, -0.05) is 12.1 Å². The van der Waals surface area contributed by atoms with Crippen LogP contribution in [0.2, 0.25) is 0 Å². The Labute approximate surface area is 166 Å². The fourth-order valence-electron chi connectivity index (χ4n) is 3.32. The van der Waals surface area contributed by atoms with E-state index in [2.05, 4.69) is 15.2 Å². The minimum absolute atomic E-state index is 0. The first-order valence-electron chi connectivity index (χ1n) is 8.87. The van der Waals surface area contributed by atoms with Crippen LogP contribution >= 0.6 is 12.4 Å². The van der Waals surface area contributed by atoms with Gasteiger partial charge in [0.1, 0.15) is 11.6 Å². The molecule has 1 atom stereocenters. The standard InChI is InChI=1S/C19H27N5O2.ClH/c1-22-9-8-21-19(22)17-12-20-7-10-24(17)14-18(25)23(2)13-15-5-4-6-16(11-15)26-3;/h4-6,8-9,11,17,20H,7,10,12-14H2,1-3H3;1H. The van der Waals surface area contributed by atoms with Gasteiger partial charge in [-0.05, 0) is 17.7 Å². The van der Waals surface area contributed by atoms with Crippen molar-refractivity contribution >= 4 is 18.3 Å². The Hall–Kier alpha value is -2.09. The molecule has 148 valence electrons. The molecule has 27 heavy (non-hydrogen) atoms. The summed E-state index contributed by atoms with van der Waals surface area (Å²) in [4.78, 5) is 21.2. The molecular formula is C19H28ClN5O2. The zero-order chi connectivity index (χ0) is 18.5. The molecule has 7 nitrogen and oxygen atoms in total. The Kier molecular flexibility index (Phi) is 7.65. The number of likely N-dealkylation sites (N-methyl/N-ethyl adjacent to an activating group) is 1. The van der Waals surface area contributed by atoms with Gasteiger partial charge < -0.3 is 19.5 Å². The van der Waals surface area contributed by atoms with E-state index in [-0.39, 0.29) is 24.4 Å². The van der Waals surface area contributed by atoms with E-state index >= 15 is 0 Å². The number of nitrogens with one attached hydrogen (secondary N) is 1. The molecule has 1 amide bonds. The fourth-order valence-corrected chi connectivity index (χ4v) is 3.32. The first-order chi connectivity index (χ1) is 12.6. The lowest BCUT2D eigenvalue weighted by Crippen LogP contribution is -2.50. The second-order valence-corrected chi connectivity index (χ2v) is 6.69. The predicted octanol–water partition coefficient (Wildman–Crippen LogP) is 1.46. The van der Waals surface area contributed by atoms with Crippen molar-refractivity contribution in [2.24, 2.45) is 7.05 Å². The molecule has 2 heterocycles. The van der Waals surface area contributed by atoms with E-state index in [0.717, 1.165) is 36.8 Å². The Balaban J connectivity index is 0.00000261. The van der Waals surface area contributed by atoms with Crippen molar-refractivity contribution < 1.29 is 9.53 Å². The van der Waals surface area contributed by atoms with Gasteiger partial charge in [0.15, 0.2) is 0 Å². The highest BCUT2D eigenvalue weighted by atomic mass is 35.5. The number of nitrogens with zero attached hydrogens (tertiary/aromatic N) is 4. The number of methoxy groups -OCH3 is 1. The third-order valence-corrected chi connectivity index (χ3v) is 4.83. The second-order valence-electron chi connectivity index (χ2n) is 6.69. The lowest BCUT2D eigenvalue weighted by molar-refractivity contribution is -0.132. The van der Waals surface area contributed by atoms with Crippen LogP contribution in [0.5, 0.6) is 5.75 Å². The van der Waals surface area contributed by atoms with Gasteiger partial charge in [-0.25, -0.2) is 4.98 Å². The number of hydrogen-bond donors (Lipinski definition) is 1. The van der Waals surface area contributed by atoms with Crippen molar-refractivity contribution in [3.8, 4) is 5.75 Å². The summed E-state index contributed by atoms with van der Waals surface area (Å²) < 4.78 is 7.28. The molecule has 0 saturated carbocycles. The lowest BCUT2D eigenvalue weighted by Gasteiger charge is -2.36. The first-order valence-corrected chi connectivity index (χ1v) is 8.87. The number of aromatic nitrogens is 2. The van der Waals surface area contributed by atoms with E-state index in [1.54, 1.807) is 18.2 Å². The smallest absolute Gasteiger partial charge is 0.236 e. The van der Waals surface area contributed by atoms with Crippen LogP contribution in [0.3, 0.4) is 0 Å². The Bertz CT molecular complexity index is 751. The molecule has 1 aliphatic rings. The number of amides is 1. The van der Waals surface area contributed by atoms with Crippen LogP contribution in [0.25, 0.3) is 0 Å². The summed E-state index contributed by atoms with van der Waals surface area (Å²) in [5.41, 5.74) is 1.06. The van der Waals surface area contributed by atoms with E-state index in [1.807, 2.05) is 49.1 Å². The third kappa shape index (κ3) is 5.22. The van der Waals surface area contributed by atoms with E-state index < -0.39 is 0 Å². The monoisotopic (exact) mass is 393 g/mol. The normalized spacial score (nSPS) is 17.2. The highest BCUT2D eigenvalue weighted by molar-refractivity contribution is 5.85. The number of piperazine rings is 1. The quantitative estimate of drug-likeness (QED) is 0.805. The van der Waals surface area contributed by atoms with E-state index in [0.29, 0.717) is 13.1 Å². The summed E-state index contributed by atoms with van der Waals surface area (Å²) in [7, 11) is 5.49. The zero-order valence-corrected chi connectivity index (χ0v) is 16.9. The highest BCUT2D eigenvalue weighted by Gasteiger charge is 2.28. The van der Waals surface area contributed by atoms with Crippen LogP contribution in [-0.2, 0) is 18.4 Å².